The Morgan fingerprint density at radius 1 is 0.474 bits per heavy atom. The molecule has 12 nitrogen and oxygen atoms in total. The summed E-state index contributed by atoms with van der Waals surface area (Å²) in [4.78, 5) is 53.5. The molecule has 0 aromatic heterocycles. The zero-order chi connectivity index (χ0) is 27.7. The topological polar surface area (TPSA) is 162 Å². The molecule has 0 spiro atoms. The summed E-state index contributed by atoms with van der Waals surface area (Å²) in [6.45, 7) is -0.218. The summed E-state index contributed by atoms with van der Waals surface area (Å²) in [7, 11) is 0. The van der Waals surface area contributed by atoms with Gasteiger partial charge in [-0.1, -0.05) is 24.3 Å². The van der Waals surface area contributed by atoms with Crippen molar-refractivity contribution in [3.8, 4) is 0 Å². The maximum absolute atomic E-state index is 11.7. The first-order valence-corrected chi connectivity index (χ1v) is 12.2. The SMILES string of the molecule is O=C(O)CN1CCCN(CC(=O)O)c2ccccc2N(CC(=O)O)CCCN(CC(=O)O)c2ccccc21. The van der Waals surface area contributed by atoms with E-state index in [0.717, 1.165) is 0 Å². The van der Waals surface area contributed by atoms with E-state index in [0.29, 0.717) is 35.6 Å². The van der Waals surface area contributed by atoms with Gasteiger partial charge in [-0.05, 0) is 37.1 Å². The van der Waals surface area contributed by atoms with Crippen molar-refractivity contribution in [1.82, 2.24) is 0 Å². The summed E-state index contributed by atoms with van der Waals surface area (Å²) in [6, 6.07) is 13.9. The van der Waals surface area contributed by atoms with Crippen LogP contribution in [0, 0.1) is 0 Å². The van der Waals surface area contributed by atoms with Crippen LogP contribution in [0.5, 0.6) is 0 Å². The smallest absolute Gasteiger partial charge is 0.323 e. The van der Waals surface area contributed by atoms with E-state index in [9.17, 15) is 39.6 Å². The maximum Gasteiger partial charge on any atom is 0.323 e. The number of benzene rings is 2. The molecular weight excluding hydrogens is 496 g/mol. The lowest BCUT2D eigenvalue weighted by Crippen LogP contribution is -2.40. The molecule has 0 amide bonds. The highest BCUT2D eigenvalue weighted by atomic mass is 16.4. The third kappa shape index (κ3) is 7.76. The maximum atomic E-state index is 11.7. The van der Waals surface area contributed by atoms with Crippen LogP contribution in [-0.4, -0.2) is 96.7 Å². The van der Waals surface area contributed by atoms with Gasteiger partial charge in [0.1, 0.15) is 26.2 Å². The van der Waals surface area contributed by atoms with Crippen molar-refractivity contribution >= 4 is 46.6 Å². The van der Waals surface area contributed by atoms with Gasteiger partial charge in [-0.3, -0.25) is 19.2 Å². The van der Waals surface area contributed by atoms with Gasteiger partial charge in [0, 0.05) is 26.2 Å². The molecule has 2 aromatic rings. The van der Waals surface area contributed by atoms with Gasteiger partial charge in [0.05, 0.1) is 22.7 Å². The summed E-state index contributed by atoms with van der Waals surface area (Å²) < 4.78 is 0. The molecule has 0 saturated heterocycles. The quantitative estimate of drug-likeness (QED) is 0.393. The molecule has 3 rings (SSSR count). The molecule has 0 saturated carbocycles. The number of carboxylic acid groups (broad SMARTS) is 4. The molecule has 0 unspecified atom stereocenters. The van der Waals surface area contributed by atoms with E-state index < -0.39 is 23.9 Å². The third-order valence-electron chi connectivity index (χ3n) is 6.14. The van der Waals surface area contributed by atoms with Crippen molar-refractivity contribution in [3.05, 3.63) is 48.5 Å². The number of fused-ring (bicyclic) bond motifs is 2. The van der Waals surface area contributed by atoms with Crippen molar-refractivity contribution in [1.29, 1.82) is 0 Å². The minimum atomic E-state index is -1.05. The molecule has 12 heteroatoms. The molecule has 1 aliphatic rings. The summed E-state index contributed by atoms with van der Waals surface area (Å²) in [5.41, 5.74) is 2.23. The largest absolute Gasteiger partial charge is 0.480 e. The molecule has 0 fully saturated rings. The number of rotatable bonds is 8. The van der Waals surface area contributed by atoms with Gasteiger partial charge in [-0.15, -0.1) is 0 Å². The summed E-state index contributed by atoms with van der Waals surface area (Å²) in [5, 5.41) is 38.3. The van der Waals surface area contributed by atoms with E-state index in [1.807, 2.05) is 0 Å². The average Bonchev–Trinajstić information content (AvgIpc) is 2.85. The van der Waals surface area contributed by atoms with Crippen LogP contribution in [0.2, 0.25) is 0 Å². The fourth-order valence-electron chi connectivity index (χ4n) is 4.69. The van der Waals surface area contributed by atoms with Crippen LogP contribution in [0.4, 0.5) is 22.7 Å². The Hall–Kier alpha value is -4.48. The van der Waals surface area contributed by atoms with Crippen molar-refractivity contribution in [2.75, 3.05) is 72.0 Å². The molecule has 4 N–H and O–H groups in total. The Labute approximate surface area is 219 Å². The van der Waals surface area contributed by atoms with E-state index in [1.165, 1.54) is 0 Å². The molecular formula is C26H32N4O8. The molecule has 0 bridgehead atoms. The minimum absolute atomic E-state index is 0.265. The molecule has 1 heterocycles. The van der Waals surface area contributed by atoms with Crippen molar-refractivity contribution in [3.63, 3.8) is 0 Å². The molecule has 0 atom stereocenters. The van der Waals surface area contributed by atoms with E-state index in [2.05, 4.69) is 0 Å². The number of aliphatic carboxylic acids is 4. The lowest BCUT2D eigenvalue weighted by atomic mass is 10.1. The van der Waals surface area contributed by atoms with Crippen LogP contribution in [-0.2, 0) is 19.2 Å². The third-order valence-corrected chi connectivity index (χ3v) is 6.14. The second-order valence-electron chi connectivity index (χ2n) is 8.95. The second-order valence-corrected chi connectivity index (χ2v) is 8.95. The molecule has 0 radical (unpaired) electrons. The summed E-state index contributed by atoms with van der Waals surface area (Å²) >= 11 is 0. The normalized spacial score (nSPS) is 14.7. The van der Waals surface area contributed by atoms with E-state index in [4.69, 9.17) is 0 Å². The number of nitrogens with zero attached hydrogens (tertiary/aromatic N) is 4. The Morgan fingerprint density at radius 3 is 0.868 bits per heavy atom. The Bertz CT molecular complexity index is 982. The Morgan fingerprint density at radius 2 is 0.684 bits per heavy atom. The number of carbonyl (C=O) groups is 4. The number of anilines is 4. The zero-order valence-corrected chi connectivity index (χ0v) is 20.9. The highest BCUT2D eigenvalue weighted by Gasteiger charge is 2.24. The number of hydrogen-bond acceptors (Lipinski definition) is 8. The average molecular weight is 529 g/mol. The first-order valence-electron chi connectivity index (χ1n) is 12.2. The van der Waals surface area contributed by atoms with Gasteiger partial charge >= 0.3 is 23.9 Å². The first-order chi connectivity index (χ1) is 18.2. The molecule has 2 aromatic carbocycles. The lowest BCUT2D eigenvalue weighted by Gasteiger charge is -2.35. The Balaban J connectivity index is 2.08. The second kappa shape index (κ2) is 13.2. The number of para-hydroxylation sites is 4. The van der Waals surface area contributed by atoms with E-state index >= 15 is 0 Å². The van der Waals surface area contributed by atoms with Crippen LogP contribution in [0.1, 0.15) is 12.8 Å². The van der Waals surface area contributed by atoms with Crippen molar-refractivity contribution < 1.29 is 39.6 Å². The lowest BCUT2D eigenvalue weighted by molar-refractivity contribution is -0.136. The van der Waals surface area contributed by atoms with Crippen molar-refractivity contribution in [2.45, 2.75) is 12.8 Å². The fraction of sp³-hybridized carbons (Fsp3) is 0.385. The minimum Gasteiger partial charge on any atom is -0.480 e. The fourth-order valence-corrected chi connectivity index (χ4v) is 4.69. The van der Waals surface area contributed by atoms with Gasteiger partial charge in [0.2, 0.25) is 0 Å². The van der Waals surface area contributed by atoms with Crippen LogP contribution in [0.15, 0.2) is 48.5 Å². The van der Waals surface area contributed by atoms with Crippen LogP contribution < -0.4 is 19.6 Å². The van der Waals surface area contributed by atoms with Crippen molar-refractivity contribution in [2.24, 2.45) is 0 Å². The highest BCUT2D eigenvalue weighted by Crippen LogP contribution is 2.32. The van der Waals surface area contributed by atoms with Crippen LogP contribution >= 0.6 is 0 Å². The van der Waals surface area contributed by atoms with E-state index in [1.54, 1.807) is 68.1 Å². The standard InChI is InChI=1S/C26H32N4O8/c31-23(32)15-27-11-5-13-29(17-25(35)36)21-9-3-4-10-22(21)30(18-26(37)38)14-6-12-28(16-24(33)34)20-8-2-1-7-19(20)27/h1-4,7-10H,5-6,11-18H2,(H,31,32)(H,33,34)(H,35,36)(H,37,38). The monoisotopic (exact) mass is 528 g/mol. The van der Waals surface area contributed by atoms with Gasteiger partial charge in [-0.2, -0.15) is 0 Å². The van der Waals surface area contributed by atoms with Crippen LogP contribution in [0.3, 0.4) is 0 Å². The molecule has 1 aliphatic heterocycles. The molecule has 38 heavy (non-hydrogen) atoms. The van der Waals surface area contributed by atoms with Gasteiger partial charge in [0.25, 0.3) is 0 Å². The zero-order valence-electron chi connectivity index (χ0n) is 20.9. The summed E-state index contributed by atoms with van der Waals surface area (Å²) in [5.74, 6) is -4.21. The Kier molecular flexibility index (Phi) is 9.74. The molecule has 204 valence electrons. The predicted molar refractivity (Wildman–Crippen MR) is 142 cm³/mol. The molecule has 0 aliphatic carbocycles. The van der Waals surface area contributed by atoms with Crippen LogP contribution in [0.25, 0.3) is 0 Å². The van der Waals surface area contributed by atoms with Gasteiger partial charge in [-0.25, -0.2) is 0 Å². The van der Waals surface area contributed by atoms with Gasteiger partial charge < -0.3 is 40.0 Å². The summed E-state index contributed by atoms with van der Waals surface area (Å²) in [6.07, 6.45) is 0.780. The number of carboxylic acids is 4. The van der Waals surface area contributed by atoms with Gasteiger partial charge in [0.15, 0.2) is 0 Å². The first kappa shape index (κ1) is 28.1. The van der Waals surface area contributed by atoms with E-state index in [-0.39, 0.29) is 52.4 Å². The number of hydrogen-bond donors (Lipinski definition) is 4. The highest BCUT2D eigenvalue weighted by molar-refractivity contribution is 5.83. The predicted octanol–water partition coefficient (Wildman–Crippen LogP) is 1.74.